The van der Waals surface area contributed by atoms with Crippen molar-refractivity contribution in [3.63, 3.8) is 0 Å². The predicted octanol–water partition coefficient (Wildman–Crippen LogP) is 9.60. The molecule has 1 heteroatoms. The van der Waals surface area contributed by atoms with Crippen LogP contribution in [0.15, 0.2) is 115 Å². The molecule has 5 rings (SSSR count). The summed E-state index contributed by atoms with van der Waals surface area (Å²) in [6.07, 6.45) is 5.56. The minimum absolute atomic E-state index is 0.554. The minimum Gasteiger partial charge on any atom is -0.329 e. The third kappa shape index (κ3) is 6.31. The van der Waals surface area contributed by atoms with Crippen LogP contribution in [0.4, 0.5) is 11.4 Å². The standard InChI is InChI=1S/C19H15N.C13H14.C2H6/c1-2-15-20(17-11-4-3-5-12-17)19-14-8-10-16-9-6-7-13-18(16)19;1-10(2)12-9-5-7-11-6-3-4-8-13(11)12;1-2/h1,3-14H,15H2;3-10H,1-2H3;1-2H3. The fraction of sp³-hybridized carbons (Fsp3) is 0.176. The zero-order valence-corrected chi connectivity index (χ0v) is 21.3. The second kappa shape index (κ2) is 13.0. The molecule has 0 aromatic heterocycles. The Bertz CT molecular complexity index is 1370. The highest BCUT2D eigenvalue weighted by molar-refractivity contribution is 5.96. The quantitative estimate of drug-likeness (QED) is 0.243. The molecule has 0 saturated carbocycles. The first-order valence-corrected chi connectivity index (χ1v) is 12.4. The highest BCUT2D eigenvalue weighted by Crippen LogP contribution is 2.31. The fourth-order valence-corrected chi connectivity index (χ4v) is 4.21. The lowest BCUT2D eigenvalue weighted by Gasteiger charge is -2.24. The second-order valence-corrected chi connectivity index (χ2v) is 8.35. The van der Waals surface area contributed by atoms with Gasteiger partial charge in [0.1, 0.15) is 0 Å². The number of nitrogens with zero attached hydrogens (tertiary/aromatic N) is 1. The van der Waals surface area contributed by atoms with Gasteiger partial charge in [0.15, 0.2) is 0 Å². The molecule has 0 radical (unpaired) electrons. The normalized spacial score (nSPS) is 10.1. The van der Waals surface area contributed by atoms with Crippen LogP contribution >= 0.6 is 0 Å². The van der Waals surface area contributed by atoms with Gasteiger partial charge in [-0.2, -0.15) is 0 Å². The number of rotatable bonds is 4. The van der Waals surface area contributed by atoms with E-state index in [1.807, 2.05) is 32.0 Å². The number of terminal acetylenes is 1. The highest BCUT2D eigenvalue weighted by Gasteiger charge is 2.10. The minimum atomic E-state index is 0.554. The zero-order valence-electron chi connectivity index (χ0n) is 21.3. The Hall–Kier alpha value is -4.02. The molecule has 176 valence electrons. The summed E-state index contributed by atoms with van der Waals surface area (Å²) < 4.78 is 0. The third-order valence-electron chi connectivity index (χ3n) is 5.82. The Morgan fingerprint density at radius 3 is 1.77 bits per heavy atom. The van der Waals surface area contributed by atoms with Gasteiger partial charge in [-0.25, -0.2) is 0 Å². The molecule has 0 bridgehead atoms. The van der Waals surface area contributed by atoms with Crippen molar-refractivity contribution in [3.8, 4) is 12.3 Å². The molecule has 0 N–H and O–H groups in total. The van der Waals surface area contributed by atoms with Crippen LogP contribution in [0.5, 0.6) is 0 Å². The summed E-state index contributed by atoms with van der Waals surface area (Å²) >= 11 is 0. The molecular weight excluding hydrogens is 422 g/mol. The summed E-state index contributed by atoms with van der Waals surface area (Å²) in [6.45, 7) is 9.03. The summed E-state index contributed by atoms with van der Waals surface area (Å²) in [5.74, 6) is 3.36. The van der Waals surface area contributed by atoms with Gasteiger partial charge in [-0.1, -0.05) is 131 Å². The average Bonchev–Trinajstić information content (AvgIpc) is 2.93. The number of hydrogen-bond donors (Lipinski definition) is 0. The molecular formula is C34H35N. The fourth-order valence-electron chi connectivity index (χ4n) is 4.21. The SMILES string of the molecule is C#CCN(c1ccccc1)c1cccc2ccccc12.CC.CC(C)c1cccc2ccccc12. The van der Waals surface area contributed by atoms with E-state index in [0.29, 0.717) is 12.5 Å². The summed E-state index contributed by atoms with van der Waals surface area (Å²) in [7, 11) is 0. The number of para-hydroxylation sites is 1. The molecule has 5 aromatic carbocycles. The maximum atomic E-state index is 5.56. The maximum absolute atomic E-state index is 5.56. The molecule has 0 saturated heterocycles. The topological polar surface area (TPSA) is 3.24 Å². The Morgan fingerprint density at radius 2 is 1.14 bits per heavy atom. The van der Waals surface area contributed by atoms with Crippen LogP contribution in [-0.2, 0) is 0 Å². The van der Waals surface area contributed by atoms with Crippen molar-refractivity contribution in [1.29, 1.82) is 0 Å². The maximum Gasteiger partial charge on any atom is 0.0840 e. The summed E-state index contributed by atoms with van der Waals surface area (Å²) in [6, 6.07) is 40.0. The molecule has 0 heterocycles. The van der Waals surface area contributed by atoms with E-state index in [1.54, 1.807) is 0 Å². The molecule has 0 aliphatic heterocycles. The number of hydrogen-bond acceptors (Lipinski definition) is 1. The summed E-state index contributed by atoms with van der Waals surface area (Å²) in [5.41, 5.74) is 3.70. The molecule has 35 heavy (non-hydrogen) atoms. The molecule has 1 nitrogen and oxygen atoms in total. The lowest BCUT2D eigenvalue weighted by molar-refractivity contribution is 0.876. The number of anilines is 2. The van der Waals surface area contributed by atoms with Gasteiger partial charge < -0.3 is 4.90 Å². The van der Waals surface area contributed by atoms with E-state index in [0.717, 1.165) is 11.4 Å². The van der Waals surface area contributed by atoms with Crippen LogP contribution < -0.4 is 4.90 Å². The average molecular weight is 458 g/mol. The third-order valence-corrected chi connectivity index (χ3v) is 5.82. The summed E-state index contributed by atoms with van der Waals surface area (Å²) in [5, 5.41) is 5.17. The van der Waals surface area contributed by atoms with Crippen LogP contribution in [0.2, 0.25) is 0 Å². The van der Waals surface area contributed by atoms with E-state index >= 15 is 0 Å². The van der Waals surface area contributed by atoms with Crippen molar-refractivity contribution >= 4 is 32.9 Å². The van der Waals surface area contributed by atoms with Gasteiger partial charge in [0.25, 0.3) is 0 Å². The van der Waals surface area contributed by atoms with Crippen molar-refractivity contribution in [3.05, 3.63) is 121 Å². The molecule has 5 aromatic rings. The van der Waals surface area contributed by atoms with Crippen molar-refractivity contribution < 1.29 is 0 Å². The molecule has 0 spiro atoms. The van der Waals surface area contributed by atoms with E-state index in [1.165, 1.54) is 27.1 Å². The largest absolute Gasteiger partial charge is 0.329 e. The van der Waals surface area contributed by atoms with E-state index in [-0.39, 0.29) is 0 Å². The van der Waals surface area contributed by atoms with Crippen LogP contribution in [0.3, 0.4) is 0 Å². The van der Waals surface area contributed by atoms with Crippen molar-refractivity contribution in [2.45, 2.75) is 33.6 Å². The monoisotopic (exact) mass is 457 g/mol. The zero-order chi connectivity index (χ0) is 25.0. The predicted molar refractivity (Wildman–Crippen MR) is 156 cm³/mol. The van der Waals surface area contributed by atoms with Crippen molar-refractivity contribution in [1.82, 2.24) is 0 Å². The lowest BCUT2D eigenvalue weighted by atomic mass is 9.96. The van der Waals surface area contributed by atoms with Crippen LogP contribution in [0.1, 0.15) is 39.2 Å². The number of fused-ring (bicyclic) bond motifs is 2. The van der Waals surface area contributed by atoms with Gasteiger partial charge in [-0.05, 0) is 45.8 Å². The van der Waals surface area contributed by atoms with E-state index in [9.17, 15) is 0 Å². The molecule has 0 unspecified atom stereocenters. The highest BCUT2D eigenvalue weighted by atomic mass is 15.1. The smallest absolute Gasteiger partial charge is 0.0840 e. The second-order valence-electron chi connectivity index (χ2n) is 8.35. The Labute approximate surface area is 211 Å². The summed E-state index contributed by atoms with van der Waals surface area (Å²) in [4.78, 5) is 2.17. The van der Waals surface area contributed by atoms with Crippen LogP contribution in [0.25, 0.3) is 21.5 Å². The van der Waals surface area contributed by atoms with E-state index < -0.39 is 0 Å². The van der Waals surface area contributed by atoms with Crippen LogP contribution in [-0.4, -0.2) is 6.54 Å². The number of benzene rings is 5. The first-order chi connectivity index (χ1) is 17.2. The van der Waals surface area contributed by atoms with Crippen LogP contribution in [0, 0.1) is 12.3 Å². The van der Waals surface area contributed by atoms with Gasteiger partial charge >= 0.3 is 0 Å². The Kier molecular flexibility index (Phi) is 9.52. The first-order valence-electron chi connectivity index (χ1n) is 12.4. The Morgan fingerprint density at radius 1 is 0.629 bits per heavy atom. The van der Waals surface area contributed by atoms with E-state index in [2.05, 4.69) is 122 Å². The van der Waals surface area contributed by atoms with Gasteiger partial charge in [-0.3, -0.25) is 0 Å². The first kappa shape index (κ1) is 25.6. The Balaban J connectivity index is 0.000000197. The molecule has 0 aliphatic carbocycles. The van der Waals surface area contributed by atoms with E-state index in [4.69, 9.17) is 6.42 Å². The van der Waals surface area contributed by atoms with Gasteiger partial charge in [0, 0.05) is 16.8 Å². The molecule has 0 amide bonds. The molecule has 0 fully saturated rings. The molecule has 0 aliphatic rings. The van der Waals surface area contributed by atoms with Gasteiger partial charge in [0.05, 0.1) is 6.54 Å². The van der Waals surface area contributed by atoms with Crippen molar-refractivity contribution in [2.75, 3.05) is 11.4 Å². The lowest BCUT2D eigenvalue weighted by Crippen LogP contribution is -2.17. The van der Waals surface area contributed by atoms with Gasteiger partial charge in [0.2, 0.25) is 0 Å². The van der Waals surface area contributed by atoms with Crippen molar-refractivity contribution in [2.24, 2.45) is 0 Å². The molecule has 0 atom stereocenters. The van der Waals surface area contributed by atoms with Gasteiger partial charge in [-0.15, -0.1) is 6.42 Å².